The molecule has 1 aromatic heterocycles. The standard InChI is InChI=1S/C7H6N4O2S/c12-14(13,11-6-8-9-10-11)7-4-2-1-3-5-7/h1-6H. The van der Waals surface area contributed by atoms with Crippen molar-refractivity contribution in [3.05, 3.63) is 36.7 Å². The first-order chi connectivity index (χ1) is 6.71. The minimum Gasteiger partial charge on any atom is -0.199 e. The first-order valence-corrected chi connectivity index (χ1v) is 5.19. The van der Waals surface area contributed by atoms with E-state index in [1.165, 1.54) is 12.1 Å². The minimum atomic E-state index is -3.62. The van der Waals surface area contributed by atoms with E-state index in [1.807, 2.05) is 0 Å². The predicted octanol–water partition coefficient (Wildman–Crippen LogP) is -0.0899. The fourth-order valence-corrected chi connectivity index (χ4v) is 1.98. The topological polar surface area (TPSA) is 77.7 Å². The van der Waals surface area contributed by atoms with Gasteiger partial charge < -0.3 is 0 Å². The number of hydrogen-bond donors (Lipinski definition) is 0. The summed E-state index contributed by atoms with van der Waals surface area (Å²) in [6.45, 7) is 0. The van der Waals surface area contributed by atoms with Gasteiger partial charge in [0.05, 0.1) is 4.90 Å². The summed E-state index contributed by atoms with van der Waals surface area (Å²) in [6.07, 6.45) is 1.04. The second kappa shape index (κ2) is 3.18. The molecular formula is C7H6N4O2S. The molecule has 1 aromatic carbocycles. The van der Waals surface area contributed by atoms with Gasteiger partial charge >= 0.3 is 0 Å². The van der Waals surface area contributed by atoms with Crippen LogP contribution in [0.1, 0.15) is 0 Å². The Morgan fingerprint density at radius 2 is 1.86 bits per heavy atom. The Balaban J connectivity index is 2.55. The lowest BCUT2D eigenvalue weighted by molar-refractivity contribution is 0.577. The molecule has 2 aromatic rings. The maximum absolute atomic E-state index is 11.7. The molecule has 0 aliphatic heterocycles. The molecule has 2 rings (SSSR count). The van der Waals surface area contributed by atoms with Crippen LogP contribution >= 0.6 is 0 Å². The lowest BCUT2D eigenvalue weighted by Crippen LogP contribution is -2.13. The number of aromatic nitrogens is 4. The summed E-state index contributed by atoms with van der Waals surface area (Å²) in [4.78, 5) is 0.160. The van der Waals surface area contributed by atoms with Crippen LogP contribution in [-0.2, 0) is 10.0 Å². The molecule has 14 heavy (non-hydrogen) atoms. The van der Waals surface area contributed by atoms with Gasteiger partial charge in [0.2, 0.25) is 0 Å². The molecule has 0 saturated carbocycles. The smallest absolute Gasteiger partial charge is 0.199 e. The lowest BCUT2D eigenvalue weighted by atomic mass is 10.4. The monoisotopic (exact) mass is 210 g/mol. The van der Waals surface area contributed by atoms with Crippen LogP contribution in [0.15, 0.2) is 41.6 Å². The third-order valence-electron chi connectivity index (χ3n) is 1.62. The molecule has 0 N–H and O–H groups in total. The van der Waals surface area contributed by atoms with Gasteiger partial charge in [0, 0.05) is 0 Å². The largest absolute Gasteiger partial charge is 0.285 e. The molecule has 0 radical (unpaired) electrons. The van der Waals surface area contributed by atoms with Crippen molar-refractivity contribution in [2.75, 3.05) is 0 Å². The van der Waals surface area contributed by atoms with Gasteiger partial charge in [0.1, 0.15) is 0 Å². The van der Waals surface area contributed by atoms with Crippen molar-refractivity contribution in [3.63, 3.8) is 0 Å². The third kappa shape index (κ3) is 1.37. The second-order valence-electron chi connectivity index (χ2n) is 2.50. The average Bonchev–Trinajstić information content (AvgIpc) is 2.72. The van der Waals surface area contributed by atoms with E-state index in [-0.39, 0.29) is 4.90 Å². The molecule has 0 aliphatic carbocycles. The highest BCUT2D eigenvalue weighted by molar-refractivity contribution is 7.89. The van der Waals surface area contributed by atoms with Crippen LogP contribution in [0.4, 0.5) is 0 Å². The van der Waals surface area contributed by atoms with Crippen molar-refractivity contribution in [1.29, 1.82) is 0 Å². The lowest BCUT2D eigenvalue weighted by Gasteiger charge is -2.00. The van der Waals surface area contributed by atoms with Crippen molar-refractivity contribution in [2.45, 2.75) is 4.90 Å². The van der Waals surface area contributed by atoms with E-state index in [4.69, 9.17) is 0 Å². The molecule has 0 amide bonds. The molecule has 1 heterocycles. The molecule has 72 valence electrons. The van der Waals surface area contributed by atoms with Crippen LogP contribution < -0.4 is 0 Å². The van der Waals surface area contributed by atoms with Crippen molar-refractivity contribution in [3.8, 4) is 0 Å². The zero-order valence-electron chi connectivity index (χ0n) is 6.98. The summed E-state index contributed by atoms with van der Waals surface area (Å²) in [5.41, 5.74) is 0. The number of rotatable bonds is 2. The van der Waals surface area contributed by atoms with E-state index >= 15 is 0 Å². The number of benzene rings is 1. The van der Waals surface area contributed by atoms with Gasteiger partial charge in [0.15, 0.2) is 6.33 Å². The third-order valence-corrected chi connectivity index (χ3v) is 3.15. The summed E-state index contributed by atoms with van der Waals surface area (Å²) in [5.74, 6) is 0. The van der Waals surface area contributed by atoms with Crippen molar-refractivity contribution >= 4 is 10.0 Å². The zero-order chi connectivity index (χ0) is 10.0. The Kier molecular flexibility index (Phi) is 2.01. The SMILES string of the molecule is O=S(=O)(c1ccccc1)n1cnnn1. The normalized spacial score (nSPS) is 11.4. The Bertz CT molecular complexity index is 506. The maximum atomic E-state index is 11.7. The van der Waals surface area contributed by atoms with Gasteiger partial charge in [0.25, 0.3) is 10.0 Å². The van der Waals surface area contributed by atoms with Crippen LogP contribution in [0.2, 0.25) is 0 Å². The van der Waals surface area contributed by atoms with E-state index in [0.717, 1.165) is 10.4 Å². The predicted molar refractivity (Wildman–Crippen MR) is 46.8 cm³/mol. The van der Waals surface area contributed by atoms with Crippen LogP contribution in [0.5, 0.6) is 0 Å². The van der Waals surface area contributed by atoms with Crippen molar-refractivity contribution in [2.24, 2.45) is 0 Å². The molecule has 6 nitrogen and oxygen atoms in total. The highest BCUT2D eigenvalue weighted by atomic mass is 32.2. The van der Waals surface area contributed by atoms with Gasteiger partial charge in [-0.25, -0.2) is 0 Å². The molecule has 0 saturated heterocycles. The van der Waals surface area contributed by atoms with E-state index in [2.05, 4.69) is 15.5 Å². The zero-order valence-corrected chi connectivity index (χ0v) is 7.79. The van der Waals surface area contributed by atoms with Gasteiger partial charge in [-0.15, -0.1) is 9.19 Å². The van der Waals surface area contributed by atoms with E-state index < -0.39 is 10.0 Å². The van der Waals surface area contributed by atoms with Crippen LogP contribution in [0.25, 0.3) is 0 Å². The first-order valence-electron chi connectivity index (χ1n) is 3.75. The van der Waals surface area contributed by atoms with Crippen molar-refractivity contribution < 1.29 is 8.42 Å². The Labute approximate surface area is 80.2 Å². The van der Waals surface area contributed by atoms with Gasteiger partial charge in [-0.3, -0.25) is 0 Å². The van der Waals surface area contributed by atoms with Gasteiger partial charge in [-0.05, 0) is 22.6 Å². The summed E-state index contributed by atoms with van der Waals surface area (Å²) in [6, 6.07) is 7.97. The molecule has 0 atom stereocenters. The van der Waals surface area contributed by atoms with Gasteiger partial charge in [-0.1, -0.05) is 18.2 Å². The first kappa shape index (κ1) is 8.82. The average molecular weight is 210 g/mol. The highest BCUT2D eigenvalue weighted by Crippen LogP contribution is 2.09. The van der Waals surface area contributed by atoms with E-state index in [9.17, 15) is 8.42 Å². The van der Waals surface area contributed by atoms with Crippen molar-refractivity contribution in [1.82, 2.24) is 19.6 Å². The van der Waals surface area contributed by atoms with Crippen LogP contribution in [0.3, 0.4) is 0 Å². The summed E-state index contributed by atoms with van der Waals surface area (Å²) >= 11 is 0. The Morgan fingerprint density at radius 3 is 2.43 bits per heavy atom. The number of nitrogens with zero attached hydrogens (tertiary/aromatic N) is 4. The summed E-state index contributed by atoms with van der Waals surface area (Å²) in [5, 5.41) is 9.87. The van der Waals surface area contributed by atoms with Gasteiger partial charge in [-0.2, -0.15) is 8.42 Å². The highest BCUT2D eigenvalue weighted by Gasteiger charge is 2.16. The molecular weight excluding hydrogens is 204 g/mol. The number of tetrazole rings is 1. The summed E-state index contributed by atoms with van der Waals surface area (Å²) < 4.78 is 24.2. The fraction of sp³-hybridized carbons (Fsp3) is 0. The van der Waals surface area contributed by atoms with E-state index in [1.54, 1.807) is 18.2 Å². The van der Waals surface area contributed by atoms with Crippen LogP contribution in [-0.4, -0.2) is 28.0 Å². The second-order valence-corrected chi connectivity index (χ2v) is 4.30. The molecule has 7 heteroatoms. The molecule has 0 fully saturated rings. The minimum absolute atomic E-state index is 0.160. The molecule has 0 spiro atoms. The quantitative estimate of drug-likeness (QED) is 0.692. The van der Waals surface area contributed by atoms with Crippen LogP contribution in [0, 0.1) is 0 Å². The molecule has 0 aliphatic rings. The van der Waals surface area contributed by atoms with E-state index in [0.29, 0.717) is 0 Å². The number of hydrogen-bond acceptors (Lipinski definition) is 5. The summed E-state index contributed by atoms with van der Waals surface area (Å²) in [7, 11) is -3.62. The molecule has 0 unspecified atom stereocenters. The Morgan fingerprint density at radius 1 is 1.14 bits per heavy atom. The maximum Gasteiger partial charge on any atom is 0.285 e. The molecule has 0 bridgehead atoms. The Hall–Kier alpha value is -1.76. The fourth-order valence-electron chi connectivity index (χ4n) is 0.963.